The van der Waals surface area contributed by atoms with Crippen molar-refractivity contribution < 1.29 is 18.7 Å². The third kappa shape index (κ3) is 3.24. The van der Waals surface area contributed by atoms with Crippen molar-refractivity contribution in [3.63, 3.8) is 0 Å². The second-order valence-electron chi connectivity index (χ2n) is 8.38. The summed E-state index contributed by atoms with van der Waals surface area (Å²) in [5.74, 6) is -1.77. The number of carbonyl (C=O) groups is 1. The standard InChI is InChI=1S/C21H25F2N3O2/c22-17-11-14(13-24)12-18(19(17)23)25-8-5-21(6-9-25)7-10-26(20(21)28)15-1-3-16(27)4-2-15/h11-12,15-16,27H,1-10H2/t15-,16+. The fraction of sp³-hybridized carbons (Fsp3) is 0.619. The Bertz CT molecular complexity index is 807. The number of aliphatic hydroxyl groups excluding tert-OH is 1. The molecular formula is C21H25F2N3O2. The lowest BCUT2D eigenvalue weighted by molar-refractivity contribution is -0.139. The van der Waals surface area contributed by atoms with Crippen molar-refractivity contribution in [2.45, 2.75) is 57.1 Å². The predicted molar refractivity (Wildman–Crippen MR) is 99.5 cm³/mol. The fourth-order valence-corrected chi connectivity index (χ4v) is 5.07. The van der Waals surface area contributed by atoms with Gasteiger partial charge in [-0.3, -0.25) is 4.79 Å². The van der Waals surface area contributed by atoms with Crippen LogP contribution in [0.3, 0.4) is 0 Å². The van der Waals surface area contributed by atoms with Gasteiger partial charge in [0.15, 0.2) is 11.6 Å². The second kappa shape index (κ2) is 7.32. The lowest BCUT2D eigenvalue weighted by atomic mass is 9.77. The number of piperidine rings is 1. The third-order valence-corrected chi connectivity index (χ3v) is 6.85. The van der Waals surface area contributed by atoms with Crippen LogP contribution in [0.1, 0.15) is 50.5 Å². The molecule has 1 saturated carbocycles. The van der Waals surface area contributed by atoms with Crippen LogP contribution in [0.2, 0.25) is 0 Å². The third-order valence-electron chi connectivity index (χ3n) is 6.85. The van der Waals surface area contributed by atoms with E-state index in [0.29, 0.717) is 25.9 Å². The van der Waals surface area contributed by atoms with Gasteiger partial charge in [-0.2, -0.15) is 5.26 Å². The molecule has 1 aromatic carbocycles. The summed E-state index contributed by atoms with van der Waals surface area (Å²) in [6.45, 7) is 1.68. The van der Waals surface area contributed by atoms with Crippen LogP contribution < -0.4 is 4.90 Å². The van der Waals surface area contributed by atoms with Crippen molar-refractivity contribution in [3.05, 3.63) is 29.3 Å². The molecular weight excluding hydrogens is 364 g/mol. The van der Waals surface area contributed by atoms with Gasteiger partial charge in [0, 0.05) is 25.7 Å². The van der Waals surface area contributed by atoms with Crippen LogP contribution in [0.5, 0.6) is 0 Å². The number of carbonyl (C=O) groups excluding carboxylic acids is 1. The van der Waals surface area contributed by atoms with E-state index in [2.05, 4.69) is 0 Å². The molecule has 4 rings (SSSR count). The highest BCUT2D eigenvalue weighted by Crippen LogP contribution is 2.44. The molecule has 2 saturated heterocycles. The van der Waals surface area contributed by atoms with E-state index in [0.717, 1.165) is 44.7 Å². The van der Waals surface area contributed by atoms with Crippen molar-refractivity contribution in [1.82, 2.24) is 4.90 Å². The van der Waals surface area contributed by atoms with E-state index in [1.165, 1.54) is 6.07 Å². The van der Waals surface area contributed by atoms with Crippen molar-refractivity contribution in [3.8, 4) is 6.07 Å². The van der Waals surface area contributed by atoms with Crippen LogP contribution in [-0.4, -0.2) is 47.7 Å². The predicted octanol–water partition coefficient (Wildman–Crippen LogP) is 2.96. The molecule has 2 aliphatic heterocycles. The normalized spacial score (nSPS) is 27.3. The van der Waals surface area contributed by atoms with Crippen LogP contribution in [-0.2, 0) is 4.79 Å². The minimum atomic E-state index is -1.02. The summed E-state index contributed by atoms with van der Waals surface area (Å²) in [4.78, 5) is 16.9. The highest BCUT2D eigenvalue weighted by molar-refractivity contribution is 5.85. The SMILES string of the molecule is N#Cc1cc(F)c(F)c(N2CCC3(CC2)CCN([C@H]2CC[C@@H](O)CC2)C3=O)c1. The number of aliphatic hydroxyl groups is 1. The van der Waals surface area contributed by atoms with Crippen molar-refractivity contribution in [1.29, 1.82) is 5.26 Å². The minimum absolute atomic E-state index is 0.0943. The summed E-state index contributed by atoms with van der Waals surface area (Å²) >= 11 is 0. The maximum absolute atomic E-state index is 14.3. The highest BCUT2D eigenvalue weighted by atomic mass is 19.2. The Labute approximate surface area is 163 Å². The smallest absolute Gasteiger partial charge is 0.229 e. The molecule has 5 nitrogen and oxygen atoms in total. The van der Waals surface area contributed by atoms with Crippen LogP contribution in [0.15, 0.2) is 12.1 Å². The maximum Gasteiger partial charge on any atom is 0.229 e. The van der Waals surface area contributed by atoms with Crippen LogP contribution in [0, 0.1) is 28.4 Å². The lowest BCUT2D eigenvalue weighted by Gasteiger charge is -2.40. The van der Waals surface area contributed by atoms with Gasteiger partial charge in [0.1, 0.15) is 0 Å². The number of benzene rings is 1. The molecule has 1 aliphatic carbocycles. The zero-order valence-corrected chi connectivity index (χ0v) is 15.8. The highest BCUT2D eigenvalue weighted by Gasteiger charge is 2.50. The van der Waals surface area contributed by atoms with E-state index in [1.54, 1.807) is 4.90 Å². The molecule has 1 amide bonds. The zero-order valence-electron chi connectivity index (χ0n) is 15.8. The number of likely N-dealkylation sites (tertiary alicyclic amines) is 1. The topological polar surface area (TPSA) is 67.6 Å². The first-order chi connectivity index (χ1) is 13.4. The number of nitriles is 1. The Morgan fingerprint density at radius 1 is 1.07 bits per heavy atom. The average molecular weight is 389 g/mol. The Morgan fingerprint density at radius 3 is 2.36 bits per heavy atom. The number of halogens is 2. The Hall–Kier alpha value is -2.20. The van der Waals surface area contributed by atoms with E-state index in [4.69, 9.17) is 5.26 Å². The van der Waals surface area contributed by atoms with Crippen molar-refractivity contribution >= 4 is 11.6 Å². The fourth-order valence-electron chi connectivity index (χ4n) is 5.07. The van der Waals surface area contributed by atoms with Gasteiger partial charge in [0.2, 0.25) is 5.91 Å². The van der Waals surface area contributed by atoms with E-state index >= 15 is 0 Å². The molecule has 0 radical (unpaired) electrons. The number of rotatable bonds is 2. The molecule has 7 heteroatoms. The molecule has 3 aliphatic rings. The van der Waals surface area contributed by atoms with Gasteiger partial charge in [-0.15, -0.1) is 0 Å². The summed E-state index contributed by atoms with van der Waals surface area (Å²) in [7, 11) is 0. The molecule has 2 heterocycles. The molecule has 28 heavy (non-hydrogen) atoms. The quantitative estimate of drug-likeness (QED) is 0.845. The monoisotopic (exact) mass is 389 g/mol. The molecule has 0 aromatic heterocycles. The van der Waals surface area contributed by atoms with E-state index in [9.17, 15) is 18.7 Å². The Balaban J connectivity index is 1.45. The van der Waals surface area contributed by atoms with Crippen molar-refractivity contribution in [2.75, 3.05) is 24.5 Å². The molecule has 150 valence electrons. The van der Waals surface area contributed by atoms with Crippen LogP contribution in [0.25, 0.3) is 0 Å². The number of amides is 1. The first-order valence-corrected chi connectivity index (χ1v) is 10.1. The van der Waals surface area contributed by atoms with E-state index in [1.807, 2.05) is 11.0 Å². The van der Waals surface area contributed by atoms with Gasteiger partial charge in [0.25, 0.3) is 0 Å². The zero-order chi connectivity index (χ0) is 19.9. The van der Waals surface area contributed by atoms with Gasteiger partial charge in [-0.05, 0) is 57.1 Å². The minimum Gasteiger partial charge on any atom is -0.393 e. The van der Waals surface area contributed by atoms with Gasteiger partial charge in [-0.25, -0.2) is 8.78 Å². The number of hydrogen-bond acceptors (Lipinski definition) is 4. The molecule has 1 spiro atoms. The van der Waals surface area contributed by atoms with Gasteiger partial charge < -0.3 is 14.9 Å². The summed E-state index contributed by atoms with van der Waals surface area (Å²) in [6.07, 6.45) is 4.95. The summed E-state index contributed by atoms with van der Waals surface area (Å²) in [5, 5.41) is 18.7. The first kappa shape index (κ1) is 19.1. The molecule has 0 bridgehead atoms. The van der Waals surface area contributed by atoms with Gasteiger partial charge >= 0.3 is 0 Å². The van der Waals surface area contributed by atoms with Crippen LogP contribution in [0.4, 0.5) is 14.5 Å². The Kier molecular flexibility index (Phi) is 5.00. The second-order valence-corrected chi connectivity index (χ2v) is 8.38. The largest absolute Gasteiger partial charge is 0.393 e. The number of anilines is 1. The molecule has 0 atom stereocenters. The van der Waals surface area contributed by atoms with E-state index < -0.39 is 17.0 Å². The van der Waals surface area contributed by atoms with E-state index in [-0.39, 0.29) is 29.3 Å². The van der Waals surface area contributed by atoms with Crippen LogP contribution >= 0.6 is 0 Å². The summed E-state index contributed by atoms with van der Waals surface area (Å²) < 4.78 is 28.1. The number of nitrogens with zero attached hydrogens (tertiary/aromatic N) is 3. The lowest BCUT2D eigenvalue weighted by Crippen LogP contribution is -2.47. The molecule has 3 fully saturated rings. The van der Waals surface area contributed by atoms with Gasteiger partial charge in [-0.1, -0.05) is 0 Å². The average Bonchev–Trinajstić information content (AvgIpc) is 3.01. The number of hydrogen-bond donors (Lipinski definition) is 1. The maximum atomic E-state index is 14.3. The summed E-state index contributed by atoms with van der Waals surface area (Å²) in [5.41, 5.74) is -0.208. The molecule has 1 aromatic rings. The van der Waals surface area contributed by atoms with Gasteiger partial charge in [0.05, 0.1) is 28.8 Å². The summed E-state index contributed by atoms with van der Waals surface area (Å²) in [6, 6.07) is 4.37. The molecule has 0 unspecified atom stereocenters. The Morgan fingerprint density at radius 2 is 1.71 bits per heavy atom. The molecule has 1 N–H and O–H groups in total. The van der Waals surface area contributed by atoms with Crippen molar-refractivity contribution in [2.24, 2.45) is 5.41 Å². The first-order valence-electron chi connectivity index (χ1n) is 10.1.